The summed E-state index contributed by atoms with van der Waals surface area (Å²) < 4.78 is 0. The topological polar surface area (TPSA) is 0 Å². The smallest absolute Gasteiger partial charge is 0.135 e. The monoisotopic (exact) mass is 318 g/mol. The van der Waals surface area contributed by atoms with Crippen molar-refractivity contribution in [3.63, 3.8) is 0 Å². The first-order valence-corrected chi connectivity index (χ1v) is 11.2. The van der Waals surface area contributed by atoms with Gasteiger partial charge in [-0.15, -0.1) is 12.0 Å². The van der Waals surface area contributed by atoms with Gasteiger partial charge in [-0.3, -0.25) is 0 Å². The Morgan fingerprint density at radius 3 is 1.17 bits per heavy atom. The molecule has 3 rings (SSSR count). The fraction of sp³-hybridized carbons (Fsp3) is 0.273. The van der Waals surface area contributed by atoms with Gasteiger partial charge in [0.15, 0.2) is 0 Å². The molecular formula is C22H26Si. The zero-order valence-corrected chi connectivity index (χ0v) is 15.5. The minimum Gasteiger partial charge on any atom is -0.135 e. The van der Waals surface area contributed by atoms with Crippen molar-refractivity contribution in [3.8, 4) is 12.0 Å². The molecule has 0 saturated carbocycles. The molecule has 0 unspecified atom stereocenters. The van der Waals surface area contributed by atoms with Crippen molar-refractivity contribution in [1.82, 2.24) is 0 Å². The number of fused-ring (bicyclic) bond motifs is 2. The molecule has 0 amide bonds. The SMILES string of the molecule is C#C[Si](CC)(CC)CC.c1ccc2cc3ccccc3cc2c1. The maximum Gasteiger partial charge on any atom is 0.137 e. The fourth-order valence-electron chi connectivity index (χ4n) is 2.94. The van der Waals surface area contributed by atoms with E-state index in [-0.39, 0.29) is 0 Å². The van der Waals surface area contributed by atoms with Crippen molar-refractivity contribution in [1.29, 1.82) is 0 Å². The maximum atomic E-state index is 5.45. The highest BCUT2D eigenvalue weighted by Crippen LogP contribution is 2.22. The Kier molecular flexibility index (Phi) is 6.02. The van der Waals surface area contributed by atoms with E-state index in [1.54, 1.807) is 0 Å². The van der Waals surface area contributed by atoms with Crippen LogP contribution in [0.1, 0.15) is 20.8 Å². The molecular weight excluding hydrogens is 292 g/mol. The van der Waals surface area contributed by atoms with Crippen molar-refractivity contribution in [3.05, 3.63) is 60.7 Å². The number of hydrogen-bond acceptors (Lipinski definition) is 0. The van der Waals surface area contributed by atoms with Gasteiger partial charge in [-0.05, 0) is 51.8 Å². The molecule has 3 aromatic carbocycles. The molecule has 118 valence electrons. The molecule has 0 aromatic heterocycles. The van der Waals surface area contributed by atoms with E-state index >= 15 is 0 Å². The van der Waals surface area contributed by atoms with E-state index in [1.165, 1.54) is 39.7 Å². The van der Waals surface area contributed by atoms with Crippen molar-refractivity contribution in [2.24, 2.45) is 0 Å². The van der Waals surface area contributed by atoms with Gasteiger partial charge in [0.1, 0.15) is 8.07 Å². The molecule has 0 aliphatic carbocycles. The first-order chi connectivity index (χ1) is 11.2. The van der Waals surface area contributed by atoms with Crippen LogP contribution in [0.25, 0.3) is 21.5 Å². The minimum absolute atomic E-state index is 1.16. The van der Waals surface area contributed by atoms with E-state index in [9.17, 15) is 0 Å². The largest absolute Gasteiger partial charge is 0.137 e. The van der Waals surface area contributed by atoms with Crippen molar-refractivity contribution < 1.29 is 0 Å². The lowest BCUT2D eigenvalue weighted by Gasteiger charge is -2.19. The third-order valence-corrected chi connectivity index (χ3v) is 9.62. The Morgan fingerprint density at radius 1 is 0.696 bits per heavy atom. The highest BCUT2D eigenvalue weighted by atomic mass is 28.3. The number of benzene rings is 3. The highest BCUT2D eigenvalue weighted by molar-refractivity contribution is 6.87. The van der Waals surface area contributed by atoms with Crippen molar-refractivity contribution in [2.75, 3.05) is 0 Å². The van der Waals surface area contributed by atoms with Gasteiger partial charge < -0.3 is 0 Å². The zero-order chi connectivity index (χ0) is 16.7. The first kappa shape index (κ1) is 17.3. The van der Waals surface area contributed by atoms with E-state index in [4.69, 9.17) is 6.42 Å². The van der Waals surface area contributed by atoms with Gasteiger partial charge in [0.2, 0.25) is 0 Å². The first-order valence-electron chi connectivity index (χ1n) is 8.53. The lowest BCUT2D eigenvalue weighted by Crippen LogP contribution is -2.28. The van der Waals surface area contributed by atoms with Crippen LogP contribution in [0.5, 0.6) is 0 Å². The molecule has 3 aromatic rings. The van der Waals surface area contributed by atoms with Crippen LogP contribution < -0.4 is 0 Å². The van der Waals surface area contributed by atoms with Crippen LogP contribution in [-0.2, 0) is 0 Å². The fourth-order valence-corrected chi connectivity index (χ4v) is 5.05. The van der Waals surface area contributed by atoms with Crippen LogP contribution in [-0.4, -0.2) is 8.07 Å². The van der Waals surface area contributed by atoms with Gasteiger partial charge in [0, 0.05) is 0 Å². The Bertz CT molecular complexity index is 693. The van der Waals surface area contributed by atoms with Gasteiger partial charge in [-0.1, -0.05) is 69.3 Å². The molecule has 0 spiro atoms. The summed E-state index contributed by atoms with van der Waals surface area (Å²) in [4.78, 5) is 0. The summed E-state index contributed by atoms with van der Waals surface area (Å²) in [7, 11) is -1.16. The van der Waals surface area contributed by atoms with Gasteiger partial charge in [-0.2, -0.15) is 0 Å². The molecule has 0 bridgehead atoms. The summed E-state index contributed by atoms with van der Waals surface area (Å²) in [6, 6.07) is 25.2. The van der Waals surface area contributed by atoms with E-state index in [0.717, 1.165) is 0 Å². The molecule has 0 saturated heterocycles. The standard InChI is InChI=1S/C14H10.C8H16Si/c1-2-6-12-10-14-8-4-3-7-13(14)9-11(12)5-1;1-5-9(6-2,7-3)8-4/h1-10H;1H,6-8H2,2-4H3. The molecule has 0 heterocycles. The maximum absolute atomic E-state index is 5.45. The minimum atomic E-state index is -1.16. The number of rotatable bonds is 3. The lowest BCUT2D eigenvalue weighted by atomic mass is 10.0. The van der Waals surface area contributed by atoms with Crippen LogP contribution in [0, 0.1) is 12.0 Å². The van der Waals surface area contributed by atoms with Crippen LogP contribution in [0.3, 0.4) is 0 Å². The quantitative estimate of drug-likeness (QED) is 0.288. The molecule has 0 N–H and O–H groups in total. The van der Waals surface area contributed by atoms with Gasteiger partial charge >= 0.3 is 0 Å². The van der Waals surface area contributed by atoms with E-state index < -0.39 is 8.07 Å². The van der Waals surface area contributed by atoms with Gasteiger partial charge in [0.25, 0.3) is 0 Å². The summed E-state index contributed by atoms with van der Waals surface area (Å²) in [6.07, 6.45) is 5.45. The summed E-state index contributed by atoms with van der Waals surface area (Å²) in [5.74, 6) is 0. The second-order valence-electron chi connectivity index (χ2n) is 6.03. The second-order valence-corrected chi connectivity index (χ2v) is 11.0. The Morgan fingerprint density at radius 2 is 1.00 bits per heavy atom. The zero-order valence-electron chi connectivity index (χ0n) is 14.5. The van der Waals surface area contributed by atoms with E-state index in [0.29, 0.717) is 0 Å². The van der Waals surface area contributed by atoms with E-state index in [1.807, 2.05) is 0 Å². The van der Waals surface area contributed by atoms with Crippen LogP contribution in [0.2, 0.25) is 18.1 Å². The van der Waals surface area contributed by atoms with Crippen LogP contribution >= 0.6 is 0 Å². The van der Waals surface area contributed by atoms with Gasteiger partial charge in [-0.25, -0.2) is 0 Å². The number of terminal acetylenes is 1. The Hall–Kier alpha value is -2.04. The summed E-state index contributed by atoms with van der Waals surface area (Å²) in [6.45, 7) is 6.66. The highest BCUT2D eigenvalue weighted by Gasteiger charge is 2.23. The van der Waals surface area contributed by atoms with Crippen LogP contribution in [0.15, 0.2) is 60.7 Å². The Labute approximate surface area is 141 Å². The molecule has 1 heteroatoms. The van der Waals surface area contributed by atoms with Crippen molar-refractivity contribution in [2.45, 2.75) is 38.9 Å². The molecule has 0 nitrogen and oxygen atoms in total. The van der Waals surface area contributed by atoms with Crippen molar-refractivity contribution >= 4 is 29.6 Å². The molecule has 0 radical (unpaired) electrons. The average Bonchev–Trinajstić information content (AvgIpc) is 2.63. The van der Waals surface area contributed by atoms with Gasteiger partial charge in [0.05, 0.1) is 0 Å². The molecule has 0 aliphatic heterocycles. The Balaban J connectivity index is 0.000000188. The molecule has 0 fully saturated rings. The second kappa shape index (κ2) is 7.99. The summed E-state index contributed by atoms with van der Waals surface area (Å²) in [5.41, 5.74) is 3.00. The summed E-state index contributed by atoms with van der Waals surface area (Å²) in [5, 5.41) is 5.25. The third-order valence-electron chi connectivity index (χ3n) is 4.95. The average molecular weight is 319 g/mol. The predicted molar refractivity (Wildman–Crippen MR) is 107 cm³/mol. The molecule has 0 atom stereocenters. The summed E-state index contributed by atoms with van der Waals surface area (Å²) >= 11 is 0. The molecule has 0 aliphatic rings. The van der Waals surface area contributed by atoms with Crippen LogP contribution in [0.4, 0.5) is 0 Å². The predicted octanol–water partition coefficient (Wildman–Crippen LogP) is 6.66. The number of hydrogen-bond donors (Lipinski definition) is 0. The third kappa shape index (κ3) is 4.03. The van der Waals surface area contributed by atoms with E-state index in [2.05, 4.69) is 87.0 Å². The normalized spacial score (nSPS) is 10.9. The lowest BCUT2D eigenvalue weighted by molar-refractivity contribution is 1.20. The molecule has 23 heavy (non-hydrogen) atoms.